The van der Waals surface area contributed by atoms with Crippen molar-refractivity contribution in [2.75, 3.05) is 12.5 Å². The first-order valence-electron chi connectivity index (χ1n) is 11.3. The van der Waals surface area contributed by atoms with Gasteiger partial charge in [-0.3, -0.25) is 4.79 Å². The summed E-state index contributed by atoms with van der Waals surface area (Å²) in [4.78, 5) is 37.3. The molecule has 1 spiro atoms. The summed E-state index contributed by atoms with van der Waals surface area (Å²) < 4.78 is 29.6. The van der Waals surface area contributed by atoms with Gasteiger partial charge in [0.1, 0.15) is 23.9 Å². The van der Waals surface area contributed by atoms with E-state index in [-0.39, 0.29) is 30.4 Å². The number of hydrogen-bond donors (Lipinski definition) is 1. The highest BCUT2D eigenvalue weighted by Crippen LogP contribution is 2.59. The largest absolute Gasteiger partial charge is 0.459 e. The Hall–Kier alpha value is -1.94. The summed E-state index contributed by atoms with van der Waals surface area (Å²) in [5, 5.41) is 10.3. The van der Waals surface area contributed by atoms with Crippen LogP contribution in [0.2, 0.25) is 0 Å². The zero-order valence-corrected chi connectivity index (χ0v) is 20.6. The van der Waals surface area contributed by atoms with Gasteiger partial charge in [0.05, 0.1) is 18.4 Å². The molecule has 0 aromatic heterocycles. The number of halogens is 1. The fraction of sp³-hybridized carbons (Fsp3) is 0.708. The molecule has 34 heavy (non-hydrogen) atoms. The maximum Gasteiger partial charge on any atom is 0.339 e. The van der Waals surface area contributed by atoms with Crippen LogP contribution in [0.15, 0.2) is 24.3 Å². The normalized spacial score (nSPS) is 40.2. The average Bonchev–Trinajstić information content (AvgIpc) is 3.29. The minimum Gasteiger partial charge on any atom is -0.459 e. The van der Waals surface area contributed by atoms with Gasteiger partial charge in [0, 0.05) is 24.8 Å². The minimum atomic E-state index is -1.90. The highest BCUT2D eigenvalue weighted by Gasteiger charge is 2.70. The molecular weight excluding hydrogens is 468 g/mol. The second kappa shape index (κ2) is 8.33. The number of rotatable bonds is 4. The van der Waals surface area contributed by atoms with E-state index < -0.39 is 65.0 Å². The van der Waals surface area contributed by atoms with E-state index in [0.717, 1.165) is 5.57 Å². The van der Waals surface area contributed by atoms with Crippen LogP contribution in [0.4, 0.5) is 0 Å². The molecule has 0 aromatic rings. The van der Waals surface area contributed by atoms with Crippen LogP contribution in [-0.4, -0.2) is 70.8 Å². The van der Waals surface area contributed by atoms with Crippen LogP contribution in [-0.2, 0) is 38.1 Å². The van der Waals surface area contributed by atoms with E-state index in [1.165, 1.54) is 13.8 Å². The Bertz CT molecular complexity index is 941. The van der Waals surface area contributed by atoms with Crippen LogP contribution in [0.5, 0.6) is 0 Å². The SMILES string of the molecule is C=C1C(=O)O[C@H]2[C@H]1[C@@H](OC(=O)[C@](C)(O)CCl)CC(=C)[C@@H]1C[C@H](OC(C)=O)[C@]3(COC(C)(C)O3)[C@H]21. The van der Waals surface area contributed by atoms with Gasteiger partial charge in [-0.25, -0.2) is 9.59 Å². The molecular formula is C24H31ClO9. The van der Waals surface area contributed by atoms with Crippen LogP contribution < -0.4 is 0 Å². The number of alkyl halides is 1. The predicted molar refractivity (Wildman–Crippen MR) is 118 cm³/mol. The second-order valence-corrected chi connectivity index (χ2v) is 10.6. The number of aliphatic hydroxyl groups is 1. The standard InChI is InChI=1S/C24H31ClO9/c1-11-7-15(32-21(28)23(6,29)9-25)17-12(2)20(27)33-19(17)18-14(11)8-16(31-13(3)26)24(18)10-30-22(4,5)34-24/h14-19,29H,1-2,7-10H2,3-6H3/t14-,15-,16-,17+,18-,19-,23+,24+/m0/s1. The van der Waals surface area contributed by atoms with Gasteiger partial charge in [-0.2, -0.15) is 0 Å². The molecule has 4 aliphatic rings. The lowest BCUT2D eigenvalue weighted by atomic mass is 9.76. The Balaban J connectivity index is 1.77. The minimum absolute atomic E-state index is 0.116. The van der Waals surface area contributed by atoms with Crippen molar-refractivity contribution in [1.82, 2.24) is 0 Å². The molecule has 2 saturated carbocycles. The number of esters is 3. The first-order chi connectivity index (χ1) is 15.7. The van der Waals surface area contributed by atoms with Crippen molar-refractivity contribution < 1.29 is 43.2 Å². The lowest BCUT2D eigenvalue weighted by Gasteiger charge is -2.39. The summed E-state index contributed by atoms with van der Waals surface area (Å²) >= 11 is 5.74. The second-order valence-electron chi connectivity index (χ2n) is 10.3. The summed E-state index contributed by atoms with van der Waals surface area (Å²) in [6, 6.07) is 0. The van der Waals surface area contributed by atoms with Gasteiger partial charge in [-0.1, -0.05) is 18.7 Å². The highest BCUT2D eigenvalue weighted by molar-refractivity contribution is 6.20. The van der Waals surface area contributed by atoms with E-state index in [2.05, 4.69) is 13.2 Å². The topological polar surface area (TPSA) is 118 Å². The van der Waals surface area contributed by atoms with E-state index in [9.17, 15) is 19.5 Å². The third-order valence-electron chi connectivity index (χ3n) is 7.36. The summed E-state index contributed by atoms with van der Waals surface area (Å²) in [7, 11) is 0. The Labute approximate surface area is 203 Å². The van der Waals surface area contributed by atoms with E-state index >= 15 is 0 Å². The third kappa shape index (κ3) is 3.96. The van der Waals surface area contributed by atoms with Crippen molar-refractivity contribution >= 4 is 29.5 Å². The Kier molecular flexibility index (Phi) is 6.16. The predicted octanol–water partition coefficient (Wildman–Crippen LogP) is 2.04. The van der Waals surface area contributed by atoms with E-state index in [4.69, 9.17) is 35.3 Å². The van der Waals surface area contributed by atoms with Gasteiger partial charge in [0.15, 0.2) is 11.4 Å². The van der Waals surface area contributed by atoms with Crippen molar-refractivity contribution in [2.45, 2.75) is 75.8 Å². The zero-order valence-electron chi connectivity index (χ0n) is 19.8. The maximum atomic E-state index is 12.7. The molecule has 0 bridgehead atoms. The van der Waals surface area contributed by atoms with Gasteiger partial charge in [0.25, 0.3) is 0 Å². The molecule has 4 fully saturated rings. The summed E-state index contributed by atoms with van der Waals surface area (Å²) in [5.74, 6) is -4.76. The molecule has 1 N–H and O–H groups in total. The quantitative estimate of drug-likeness (QED) is 0.204. The monoisotopic (exact) mass is 498 g/mol. The van der Waals surface area contributed by atoms with Crippen molar-refractivity contribution in [1.29, 1.82) is 0 Å². The molecule has 10 heteroatoms. The first-order valence-corrected chi connectivity index (χ1v) is 11.8. The van der Waals surface area contributed by atoms with Crippen LogP contribution in [0.3, 0.4) is 0 Å². The zero-order chi connectivity index (χ0) is 25.2. The van der Waals surface area contributed by atoms with E-state index in [1.807, 2.05) is 0 Å². The van der Waals surface area contributed by atoms with Gasteiger partial charge < -0.3 is 28.8 Å². The van der Waals surface area contributed by atoms with Crippen molar-refractivity contribution in [2.24, 2.45) is 17.8 Å². The highest BCUT2D eigenvalue weighted by atomic mass is 35.5. The number of carbonyl (C=O) groups is 3. The Morgan fingerprint density at radius 1 is 1.29 bits per heavy atom. The third-order valence-corrected chi connectivity index (χ3v) is 7.88. The van der Waals surface area contributed by atoms with Crippen LogP contribution in [0, 0.1) is 17.8 Å². The van der Waals surface area contributed by atoms with Gasteiger partial charge >= 0.3 is 17.9 Å². The smallest absolute Gasteiger partial charge is 0.339 e. The summed E-state index contributed by atoms with van der Waals surface area (Å²) in [6.45, 7) is 14.4. The number of fused-ring (bicyclic) bond motifs is 4. The van der Waals surface area contributed by atoms with Crippen molar-refractivity contribution in [3.8, 4) is 0 Å². The van der Waals surface area contributed by atoms with Gasteiger partial charge in [0.2, 0.25) is 0 Å². The fourth-order valence-electron chi connectivity index (χ4n) is 5.84. The Morgan fingerprint density at radius 3 is 2.53 bits per heavy atom. The van der Waals surface area contributed by atoms with Crippen molar-refractivity contribution in [3.63, 3.8) is 0 Å². The molecule has 0 amide bonds. The summed E-state index contributed by atoms with van der Waals surface area (Å²) in [6.07, 6.45) is -1.71. The maximum absolute atomic E-state index is 12.7. The van der Waals surface area contributed by atoms with Crippen LogP contribution in [0.25, 0.3) is 0 Å². The molecule has 188 valence electrons. The average molecular weight is 499 g/mol. The Morgan fingerprint density at radius 2 is 1.97 bits per heavy atom. The molecule has 4 rings (SSSR count). The molecule has 2 heterocycles. The molecule has 2 aliphatic carbocycles. The molecule has 0 radical (unpaired) electrons. The first kappa shape index (κ1) is 25.2. The number of carbonyl (C=O) groups excluding carboxylic acids is 3. The number of ether oxygens (including phenoxy) is 5. The van der Waals surface area contributed by atoms with E-state index in [0.29, 0.717) is 6.42 Å². The molecule has 8 atom stereocenters. The lowest BCUT2D eigenvalue weighted by molar-refractivity contribution is -0.210. The van der Waals surface area contributed by atoms with Crippen LogP contribution >= 0.6 is 11.6 Å². The van der Waals surface area contributed by atoms with Crippen LogP contribution in [0.1, 0.15) is 40.5 Å². The summed E-state index contributed by atoms with van der Waals surface area (Å²) in [5.41, 5.74) is -2.11. The molecule has 2 saturated heterocycles. The number of hydrogen-bond acceptors (Lipinski definition) is 9. The van der Waals surface area contributed by atoms with E-state index in [1.54, 1.807) is 13.8 Å². The van der Waals surface area contributed by atoms with Gasteiger partial charge in [-0.15, -0.1) is 11.6 Å². The molecule has 2 aliphatic heterocycles. The van der Waals surface area contributed by atoms with Crippen molar-refractivity contribution in [3.05, 3.63) is 24.3 Å². The lowest BCUT2D eigenvalue weighted by Crippen LogP contribution is -2.54. The fourth-order valence-corrected chi connectivity index (χ4v) is 5.95. The molecule has 0 aromatic carbocycles. The molecule has 9 nitrogen and oxygen atoms in total. The van der Waals surface area contributed by atoms with Gasteiger partial charge in [-0.05, 0) is 33.1 Å². The molecule has 0 unspecified atom stereocenters.